The fourth-order valence-corrected chi connectivity index (χ4v) is 4.15. The number of aromatic nitrogens is 3. The lowest BCUT2D eigenvalue weighted by molar-refractivity contribution is -0.128. The number of anilines is 1. The number of carbonyl (C=O) groups is 1. The Morgan fingerprint density at radius 1 is 1.15 bits per heavy atom. The van der Waals surface area contributed by atoms with E-state index >= 15 is 0 Å². The SMILES string of the molecule is Cc1ccc(N2CCC3(CC2)CC(=O)N(Cc2c(C)noc2C)C3)nn1. The standard InChI is InChI=1S/C19H25N5O2/c1-13-4-5-17(21-20-13)23-8-6-19(7-9-23)10-18(25)24(12-19)11-16-14(2)22-26-15(16)3/h4-5H,6-12H2,1-3H3. The summed E-state index contributed by atoms with van der Waals surface area (Å²) < 4.78 is 5.24. The summed E-state index contributed by atoms with van der Waals surface area (Å²) in [5, 5.41) is 12.5. The molecule has 0 saturated carbocycles. The number of nitrogens with zero attached hydrogens (tertiary/aromatic N) is 5. The Balaban J connectivity index is 1.41. The first kappa shape index (κ1) is 17.0. The van der Waals surface area contributed by atoms with Gasteiger partial charge in [0.15, 0.2) is 5.82 Å². The quantitative estimate of drug-likeness (QED) is 0.842. The fourth-order valence-electron chi connectivity index (χ4n) is 4.15. The van der Waals surface area contributed by atoms with Crippen LogP contribution < -0.4 is 4.90 Å². The Bertz CT molecular complexity index is 786. The summed E-state index contributed by atoms with van der Waals surface area (Å²) in [5.74, 6) is 1.99. The van der Waals surface area contributed by atoms with E-state index in [4.69, 9.17) is 4.52 Å². The van der Waals surface area contributed by atoms with Crippen molar-refractivity contribution in [1.29, 1.82) is 0 Å². The third kappa shape index (κ3) is 3.06. The molecule has 26 heavy (non-hydrogen) atoms. The van der Waals surface area contributed by atoms with Crippen molar-refractivity contribution in [2.75, 3.05) is 24.5 Å². The van der Waals surface area contributed by atoms with Crippen molar-refractivity contribution < 1.29 is 9.32 Å². The van der Waals surface area contributed by atoms with E-state index < -0.39 is 0 Å². The lowest BCUT2D eigenvalue weighted by Crippen LogP contribution is -2.42. The molecule has 1 spiro atoms. The smallest absolute Gasteiger partial charge is 0.223 e. The van der Waals surface area contributed by atoms with Gasteiger partial charge in [-0.25, -0.2) is 0 Å². The minimum atomic E-state index is 0.0880. The van der Waals surface area contributed by atoms with E-state index in [9.17, 15) is 4.79 Å². The van der Waals surface area contributed by atoms with Crippen molar-refractivity contribution in [1.82, 2.24) is 20.3 Å². The van der Waals surface area contributed by atoms with E-state index in [-0.39, 0.29) is 11.3 Å². The highest BCUT2D eigenvalue weighted by Gasteiger charge is 2.45. The molecule has 0 unspecified atom stereocenters. The van der Waals surface area contributed by atoms with Crippen LogP contribution in [0.25, 0.3) is 0 Å². The largest absolute Gasteiger partial charge is 0.361 e. The van der Waals surface area contributed by atoms with E-state index in [0.717, 1.165) is 61.0 Å². The van der Waals surface area contributed by atoms with Gasteiger partial charge in [-0.1, -0.05) is 5.16 Å². The lowest BCUT2D eigenvalue weighted by Gasteiger charge is -2.39. The first-order chi connectivity index (χ1) is 12.5. The van der Waals surface area contributed by atoms with Crippen molar-refractivity contribution in [3.8, 4) is 0 Å². The van der Waals surface area contributed by atoms with Crippen molar-refractivity contribution in [3.05, 3.63) is 34.8 Å². The molecule has 0 N–H and O–H groups in total. The van der Waals surface area contributed by atoms with E-state index in [1.807, 2.05) is 37.8 Å². The van der Waals surface area contributed by atoms with Gasteiger partial charge in [-0.3, -0.25) is 4.79 Å². The summed E-state index contributed by atoms with van der Waals surface area (Å²) in [4.78, 5) is 16.9. The van der Waals surface area contributed by atoms with Crippen LogP contribution in [-0.4, -0.2) is 45.8 Å². The molecule has 7 heteroatoms. The van der Waals surface area contributed by atoms with Crippen LogP contribution in [0.3, 0.4) is 0 Å². The predicted molar refractivity (Wildman–Crippen MR) is 96.7 cm³/mol. The zero-order valence-corrected chi connectivity index (χ0v) is 15.7. The lowest BCUT2D eigenvalue weighted by atomic mass is 9.77. The first-order valence-electron chi connectivity index (χ1n) is 9.21. The van der Waals surface area contributed by atoms with Crippen molar-refractivity contribution >= 4 is 11.7 Å². The summed E-state index contributed by atoms with van der Waals surface area (Å²) >= 11 is 0. The number of amides is 1. The van der Waals surface area contributed by atoms with Gasteiger partial charge in [-0.05, 0) is 45.7 Å². The second kappa shape index (κ2) is 6.37. The summed E-state index contributed by atoms with van der Waals surface area (Å²) in [5.41, 5.74) is 2.94. The van der Waals surface area contributed by atoms with Crippen molar-refractivity contribution in [3.63, 3.8) is 0 Å². The zero-order valence-electron chi connectivity index (χ0n) is 15.7. The molecule has 4 heterocycles. The van der Waals surface area contributed by atoms with Crippen LogP contribution in [0.4, 0.5) is 5.82 Å². The highest BCUT2D eigenvalue weighted by Crippen LogP contribution is 2.42. The van der Waals surface area contributed by atoms with Gasteiger partial charge in [0.05, 0.1) is 17.9 Å². The van der Waals surface area contributed by atoms with Gasteiger partial charge in [-0.2, -0.15) is 5.10 Å². The van der Waals surface area contributed by atoms with E-state index in [1.165, 1.54) is 0 Å². The fraction of sp³-hybridized carbons (Fsp3) is 0.579. The predicted octanol–water partition coefficient (Wildman–Crippen LogP) is 2.41. The molecular formula is C19H25N5O2. The van der Waals surface area contributed by atoms with E-state index in [1.54, 1.807) is 0 Å². The molecule has 2 saturated heterocycles. The number of likely N-dealkylation sites (tertiary alicyclic amines) is 1. The molecule has 2 aromatic heterocycles. The number of carbonyl (C=O) groups excluding carboxylic acids is 1. The third-order valence-corrected chi connectivity index (χ3v) is 5.87. The van der Waals surface area contributed by atoms with Crippen LogP contribution in [0.5, 0.6) is 0 Å². The van der Waals surface area contributed by atoms with Crippen LogP contribution in [0, 0.1) is 26.2 Å². The number of hydrogen-bond acceptors (Lipinski definition) is 6. The number of piperidine rings is 1. The molecule has 0 aliphatic carbocycles. The minimum absolute atomic E-state index is 0.0880. The Labute approximate surface area is 153 Å². The van der Waals surface area contributed by atoms with Gasteiger partial charge in [0, 0.05) is 37.0 Å². The molecule has 2 aliphatic heterocycles. The zero-order chi connectivity index (χ0) is 18.3. The summed E-state index contributed by atoms with van der Waals surface area (Å²) in [7, 11) is 0. The normalized spacial score (nSPS) is 19.6. The summed E-state index contributed by atoms with van der Waals surface area (Å²) in [6.07, 6.45) is 2.66. The molecule has 1 amide bonds. The number of hydrogen-bond donors (Lipinski definition) is 0. The Morgan fingerprint density at radius 3 is 2.54 bits per heavy atom. The van der Waals surface area contributed by atoms with Gasteiger partial charge >= 0.3 is 0 Å². The third-order valence-electron chi connectivity index (χ3n) is 5.87. The average molecular weight is 355 g/mol. The summed E-state index contributed by atoms with van der Waals surface area (Å²) in [6, 6.07) is 4.03. The maximum atomic E-state index is 12.6. The van der Waals surface area contributed by atoms with Gasteiger partial charge in [0.25, 0.3) is 0 Å². The van der Waals surface area contributed by atoms with Crippen LogP contribution >= 0.6 is 0 Å². The molecule has 2 aromatic rings. The maximum absolute atomic E-state index is 12.6. The Kier molecular flexibility index (Phi) is 4.17. The highest BCUT2D eigenvalue weighted by atomic mass is 16.5. The topological polar surface area (TPSA) is 75.4 Å². The van der Waals surface area contributed by atoms with Gasteiger partial charge in [0.2, 0.25) is 5.91 Å². The molecule has 2 aliphatic rings. The number of aryl methyl sites for hydroxylation is 3. The molecule has 4 rings (SSSR count). The van der Waals surface area contributed by atoms with E-state index in [0.29, 0.717) is 13.0 Å². The minimum Gasteiger partial charge on any atom is -0.361 e. The molecule has 7 nitrogen and oxygen atoms in total. The molecule has 0 radical (unpaired) electrons. The van der Waals surface area contributed by atoms with Gasteiger partial charge in [-0.15, -0.1) is 5.10 Å². The second-order valence-corrected chi connectivity index (χ2v) is 7.75. The molecule has 0 bridgehead atoms. The average Bonchev–Trinajstić information content (AvgIpc) is 3.10. The molecular weight excluding hydrogens is 330 g/mol. The van der Waals surface area contributed by atoms with Gasteiger partial charge < -0.3 is 14.3 Å². The van der Waals surface area contributed by atoms with Crippen LogP contribution in [0.15, 0.2) is 16.7 Å². The van der Waals surface area contributed by atoms with Crippen molar-refractivity contribution in [2.24, 2.45) is 5.41 Å². The second-order valence-electron chi connectivity index (χ2n) is 7.75. The van der Waals surface area contributed by atoms with Crippen LogP contribution in [-0.2, 0) is 11.3 Å². The Morgan fingerprint density at radius 2 is 1.92 bits per heavy atom. The molecule has 2 fully saturated rings. The molecule has 0 aromatic carbocycles. The number of rotatable bonds is 3. The monoisotopic (exact) mass is 355 g/mol. The van der Waals surface area contributed by atoms with E-state index in [2.05, 4.69) is 20.3 Å². The van der Waals surface area contributed by atoms with Crippen LogP contribution in [0.2, 0.25) is 0 Å². The highest BCUT2D eigenvalue weighted by molar-refractivity contribution is 5.79. The Hall–Kier alpha value is -2.44. The molecule has 138 valence electrons. The molecule has 0 atom stereocenters. The first-order valence-corrected chi connectivity index (χ1v) is 9.21. The maximum Gasteiger partial charge on any atom is 0.223 e. The summed E-state index contributed by atoms with van der Waals surface area (Å²) in [6.45, 7) is 9.06. The van der Waals surface area contributed by atoms with Crippen molar-refractivity contribution in [2.45, 2.75) is 46.6 Å². The van der Waals surface area contributed by atoms with Gasteiger partial charge in [0.1, 0.15) is 5.76 Å². The van der Waals surface area contributed by atoms with Crippen LogP contribution in [0.1, 0.15) is 42.0 Å².